The second-order valence-electron chi connectivity index (χ2n) is 10.1. The van der Waals surface area contributed by atoms with Gasteiger partial charge in [-0.15, -0.1) is 22.7 Å². The van der Waals surface area contributed by atoms with E-state index in [1.807, 2.05) is 22.7 Å². The molecule has 2 heteroatoms. The lowest BCUT2D eigenvalue weighted by molar-refractivity contribution is 0.541. The number of hydrogen-bond donors (Lipinski definition) is 0. The standard InChI is InChI=1S/C32H38S2/c1-5-9-11-21(7-3)17-25-23-13-15-33-31(23)29-20-28-26(18-22(8-4)12-10-6-2)24-14-16-34-32(24)30(28)19-27(25)29/h13-22H,5-12H2,1-4H3. The minimum atomic E-state index is 0.665. The quantitative estimate of drug-likeness (QED) is 0.184. The Morgan fingerprint density at radius 3 is 1.44 bits per heavy atom. The molecule has 178 valence electrons. The zero-order valence-electron chi connectivity index (χ0n) is 21.2. The highest BCUT2D eigenvalue weighted by Gasteiger charge is 2.32. The number of thiophene rings is 2. The van der Waals surface area contributed by atoms with Gasteiger partial charge in [0.2, 0.25) is 0 Å². The predicted molar refractivity (Wildman–Crippen MR) is 154 cm³/mol. The van der Waals surface area contributed by atoms with Crippen molar-refractivity contribution in [3.63, 3.8) is 0 Å². The fourth-order valence-electron chi connectivity index (χ4n) is 5.74. The fraction of sp³-hybridized carbons (Fsp3) is 0.438. The Balaban J connectivity index is 1.63. The van der Waals surface area contributed by atoms with E-state index in [0.717, 1.165) is 0 Å². The van der Waals surface area contributed by atoms with Gasteiger partial charge in [-0.3, -0.25) is 0 Å². The molecule has 2 heterocycles. The summed E-state index contributed by atoms with van der Waals surface area (Å²) in [6.07, 6.45) is 15.5. The highest BCUT2D eigenvalue weighted by molar-refractivity contribution is 7.14. The van der Waals surface area contributed by atoms with Gasteiger partial charge in [-0.25, -0.2) is 0 Å². The first-order chi connectivity index (χ1) is 16.7. The van der Waals surface area contributed by atoms with Crippen LogP contribution in [0.4, 0.5) is 0 Å². The second kappa shape index (κ2) is 10.4. The molecule has 0 spiro atoms. The lowest BCUT2D eigenvalue weighted by atomic mass is 9.90. The van der Waals surface area contributed by atoms with E-state index in [0.29, 0.717) is 11.8 Å². The Labute approximate surface area is 214 Å². The Kier molecular flexibility index (Phi) is 7.27. The molecule has 5 rings (SSSR count). The topological polar surface area (TPSA) is 0 Å². The largest absolute Gasteiger partial charge is 0.143 e. The predicted octanol–water partition coefficient (Wildman–Crippen LogP) is 11.1. The van der Waals surface area contributed by atoms with Crippen molar-refractivity contribution in [3.05, 3.63) is 69.4 Å². The lowest BCUT2D eigenvalue weighted by Crippen LogP contribution is -1.97. The van der Waals surface area contributed by atoms with Crippen molar-refractivity contribution in [1.29, 1.82) is 0 Å². The van der Waals surface area contributed by atoms with E-state index in [1.165, 1.54) is 106 Å². The molecule has 0 aliphatic heterocycles. The molecule has 0 bridgehead atoms. The van der Waals surface area contributed by atoms with Crippen molar-refractivity contribution in [2.75, 3.05) is 0 Å². The molecule has 34 heavy (non-hydrogen) atoms. The van der Waals surface area contributed by atoms with Crippen molar-refractivity contribution in [2.45, 2.75) is 79.1 Å². The highest BCUT2D eigenvalue weighted by Crippen LogP contribution is 2.55. The van der Waals surface area contributed by atoms with E-state index in [4.69, 9.17) is 0 Å². The van der Waals surface area contributed by atoms with Gasteiger partial charge >= 0.3 is 0 Å². The molecule has 0 saturated carbocycles. The molecular formula is C32H38S2. The summed E-state index contributed by atoms with van der Waals surface area (Å²) in [6.45, 7) is 9.31. The Morgan fingerprint density at radius 1 is 0.618 bits per heavy atom. The Morgan fingerprint density at radius 2 is 1.06 bits per heavy atom. The van der Waals surface area contributed by atoms with Crippen LogP contribution in [0.1, 0.15) is 101 Å². The summed E-state index contributed by atoms with van der Waals surface area (Å²) in [5.74, 6) is 1.33. The molecule has 0 saturated heterocycles. The fourth-order valence-corrected chi connectivity index (χ4v) is 7.63. The van der Waals surface area contributed by atoms with Crippen molar-refractivity contribution in [2.24, 2.45) is 11.8 Å². The number of hydrogen-bond acceptors (Lipinski definition) is 2. The number of fused-ring (bicyclic) bond motifs is 6. The van der Waals surface area contributed by atoms with Crippen LogP contribution in [0.2, 0.25) is 0 Å². The number of allylic oxidation sites excluding steroid dienone is 2. The van der Waals surface area contributed by atoms with Crippen LogP contribution in [0.25, 0.3) is 32.0 Å². The third kappa shape index (κ3) is 4.18. The zero-order valence-corrected chi connectivity index (χ0v) is 22.9. The first-order valence-electron chi connectivity index (χ1n) is 13.5. The van der Waals surface area contributed by atoms with E-state index in [-0.39, 0.29) is 0 Å². The van der Waals surface area contributed by atoms with E-state index in [2.05, 4.69) is 74.9 Å². The summed E-state index contributed by atoms with van der Waals surface area (Å²) in [5, 5.41) is 4.57. The van der Waals surface area contributed by atoms with Gasteiger partial charge in [0.25, 0.3) is 0 Å². The number of rotatable bonds is 10. The Bertz CT molecular complexity index is 1120. The molecule has 0 N–H and O–H groups in total. The summed E-state index contributed by atoms with van der Waals surface area (Å²) in [7, 11) is 0. The maximum atomic E-state index is 2.61. The normalized spacial score (nSPS) is 17.6. The summed E-state index contributed by atoms with van der Waals surface area (Å²) in [5.41, 5.74) is 11.8. The summed E-state index contributed by atoms with van der Waals surface area (Å²) >= 11 is 3.83. The monoisotopic (exact) mass is 486 g/mol. The SMILES string of the molecule is CCCCC(C=C1c2cc3c(cc2-c2sccc21)C(=CC(CC)CCCC)c1ccsc1-3)CC. The van der Waals surface area contributed by atoms with E-state index >= 15 is 0 Å². The van der Waals surface area contributed by atoms with Gasteiger partial charge in [0.05, 0.1) is 0 Å². The maximum Gasteiger partial charge on any atom is 0.0427 e. The van der Waals surface area contributed by atoms with Crippen LogP contribution < -0.4 is 0 Å². The number of benzene rings is 1. The molecule has 1 aromatic carbocycles. The van der Waals surface area contributed by atoms with Gasteiger partial charge in [0.1, 0.15) is 0 Å². The van der Waals surface area contributed by atoms with Crippen molar-refractivity contribution < 1.29 is 0 Å². The summed E-state index contributed by atoms with van der Waals surface area (Å²) in [6, 6.07) is 9.79. The molecule has 2 aliphatic rings. The minimum absolute atomic E-state index is 0.665. The van der Waals surface area contributed by atoms with Crippen LogP contribution in [-0.2, 0) is 0 Å². The van der Waals surface area contributed by atoms with Crippen LogP contribution >= 0.6 is 22.7 Å². The molecule has 2 unspecified atom stereocenters. The smallest absolute Gasteiger partial charge is 0.0427 e. The molecule has 0 radical (unpaired) electrons. The van der Waals surface area contributed by atoms with Crippen LogP contribution in [0, 0.1) is 11.8 Å². The zero-order chi connectivity index (χ0) is 23.7. The first kappa shape index (κ1) is 23.8. The van der Waals surface area contributed by atoms with Crippen LogP contribution in [0.15, 0.2) is 47.2 Å². The van der Waals surface area contributed by atoms with Gasteiger partial charge < -0.3 is 0 Å². The minimum Gasteiger partial charge on any atom is -0.143 e. The lowest BCUT2D eigenvalue weighted by Gasteiger charge is -2.14. The molecule has 2 aromatic heterocycles. The average molecular weight is 487 g/mol. The van der Waals surface area contributed by atoms with Crippen LogP contribution in [0.3, 0.4) is 0 Å². The Hall–Kier alpha value is -1.90. The first-order valence-corrected chi connectivity index (χ1v) is 15.2. The van der Waals surface area contributed by atoms with Gasteiger partial charge in [-0.05, 0) is 94.8 Å². The van der Waals surface area contributed by atoms with Gasteiger partial charge in [-0.2, -0.15) is 0 Å². The molecule has 3 aromatic rings. The van der Waals surface area contributed by atoms with E-state index in [1.54, 1.807) is 0 Å². The maximum absolute atomic E-state index is 2.61. The molecule has 2 atom stereocenters. The van der Waals surface area contributed by atoms with Crippen molar-refractivity contribution >= 4 is 33.8 Å². The van der Waals surface area contributed by atoms with Crippen molar-refractivity contribution in [1.82, 2.24) is 0 Å². The van der Waals surface area contributed by atoms with Gasteiger partial charge in [-0.1, -0.05) is 65.5 Å². The van der Waals surface area contributed by atoms with Crippen molar-refractivity contribution in [3.8, 4) is 20.9 Å². The average Bonchev–Trinajstić information content (AvgIpc) is 3.62. The van der Waals surface area contributed by atoms with Crippen LogP contribution in [0.5, 0.6) is 0 Å². The van der Waals surface area contributed by atoms with E-state index in [9.17, 15) is 0 Å². The summed E-state index contributed by atoms with van der Waals surface area (Å²) < 4.78 is 0. The molecule has 0 fully saturated rings. The summed E-state index contributed by atoms with van der Waals surface area (Å²) in [4.78, 5) is 2.95. The molecule has 0 nitrogen and oxygen atoms in total. The van der Waals surface area contributed by atoms with E-state index < -0.39 is 0 Å². The number of unbranched alkanes of at least 4 members (excludes halogenated alkanes) is 2. The molecular weight excluding hydrogens is 448 g/mol. The van der Waals surface area contributed by atoms with Crippen LogP contribution in [-0.4, -0.2) is 0 Å². The third-order valence-electron chi connectivity index (χ3n) is 7.85. The second-order valence-corrected chi connectivity index (χ2v) is 11.9. The molecule has 2 aliphatic carbocycles. The third-order valence-corrected chi connectivity index (χ3v) is 9.74. The van der Waals surface area contributed by atoms with Gasteiger partial charge in [0.15, 0.2) is 0 Å². The van der Waals surface area contributed by atoms with Gasteiger partial charge in [0, 0.05) is 32.0 Å². The highest BCUT2D eigenvalue weighted by atomic mass is 32.1. The molecule has 0 amide bonds.